The van der Waals surface area contributed by atoms with Crippen molar-refractivity contribution in [2.75, 3.05) is 25.9 Å². The number of hydrogen-bond acceptors (Lipinski definition) is 7. The summed E-state index contributed by atoms with van der Waals surface area (Å²) in [7, 11) is 1.30. The molecular formula is C16H18ClN5O3. The number of aromatic nitrogens is 2. The number of benzene rings is 1. The molecule has 2 heterocycles. The largest absolute Gasteiger partial charge is 0.469 e. The van der Waals surface area contributed by atoms with Crippen LogP contribution >= 0.6 is 11.6 Å². The first kappa shape index (κ1) is 17.4. The molecule has 0 aliphatic carbocycles. The highest BCUT2D eigenvalue weighted by Gasteiger charge is 2.32. The Morgan fingerprint density at radius 2 is 2.28 bits per heavy atom. The van der Waals surface area contributed by atoms with E-state index < -0.39 is 12.0 Å². The fourth-order valence-corrected chi connectivity index (χ4v) is 3.01. The maximum atomic E-state index is 12.1. The van der Waals surface area contributed by atoms with E-state index in [2.05, 4.69) is 20.0 Å². The molecule has 3 N–H and O–H groups in total. The van der Waals surface area contributed by atoms with Gasteiger partial charge < -0.3 is 15.8 Å². The summed E-state index contributed by atoms with van der Waals surface area (Å²) >= 11 is 6.01. The van der Waals surface area contributed by atoms with Crippen LogP contribution in [0.15, 0.2) is 18.2 Å². The van der Waals surface area contributed by atoms with E-state index in [-0.39, 0.29) is 12.3 Å². The van der Waals surface area contributed by atoms with Crippen LogP contribution in [0.1, 0.15) is 12.2 Å². The Hall–Kier alpha value is -2.45. The molecule has 0 saturated carbocycles. The number of ether oxygens (including phenoxy) is 1. The zero-order chi connectivity index (χ0) is 18.0. The van der Waals surface area contributed by atoms with E-state index in [1.807, 2.05) is 4.90 Å². The Morgan fingerprint density at radius 3 is 3.04 bits per heavy atom. The highest BCUT2D eigenvalue weighted by Crippen LogP contribution is 2.22. The fraction of sp³-hybridized carbons (Fsp3) is 0.375. The second-order valence-electron chi connectivity index (χ2n) is 5.74. The van der Waals surface area contributed by atoms with E-state index in [0.717, 1.165) is 5.39 Å². The number of methoxy groups -OCH3 is 1. The van der Waals surface area contributed by atoms with Crippen LogP contribution in [0, 0.1) is 0 Å². The number of anilines is 1. The van der Waals surface area contributed by atoms with Crippen LogP contribution in [-0.4, -0.2) is 53.0 Å². The van der Waals surface area contributed by atoms with E-state index >= 15 is 0 Å². The molecule has 25 heavy (non-hydrogen) atoms. The number of amides is 1. The van der Waals surface area contributed by atoms with E-state index in [0.29, 0.717) is 41.8 Å². The Balaban J connectivity index is 1.87. The smallest absolute Gasteiger partial charge is 0.307 e. The molecule has 132 valence electrons. The van der Waals surface area contributed by atoms with Crippen LogP contribution in [0.4, 0.5) is 5.82 Å². The summed E-state index contributed by atoms with van der Waals surface area (Å²) in [6.45, 7) is 1.36. The van der Waals surface area contributed by atoms with Crippen LogP contribution in [0.2, 0.25) is 5.02 Å². The van der Waals surface area contributed by atoms with Crippen LogP contribution < -0.4 is 11.1 Å². The number of carbonyl (C=O) groups excluding carboxylic acids is 2. The monoisotopic (exact) mass is 363 g/mol. The fourth-order valence-electron chi connectivity index (χ4n) is 2.84. The third-order valence-corrected chi connectivity index (χ3v) is 4.34. The van der Waals surface area contributed by atoms with Gasteiger partial charge in [-0.3, -0.25) is 14.5 Å². The van der Waals surface area contributed by atoms with Crippen molar-refractivity contribution < 1.29 is 14.3 Å². The van der Waals surface area contributed by atoms with E-state index in [9.17, 15) is 9.59 Å². The van der Waals surface area contributed by atoms with Crippen molar-refractivity contribution in [2.24, 2.45) is 0 Å². The Morgan fingerprint density at radius 1 is 1.48 bits per heavy atom. The van der Waals surface area contributed by atoms with Crippen LogP contribution in [0.3, 0.4) is 0 Å². The number of nitrogens with two attached hydrogens (primary N) is 1. The predicted molar refractivity (Wildman–Crippen MR) is 92.8 cm³/mol. The molecule has 1 aromatic heterocycles. The average molecular weight is 364 g/mol. The lowest BCUT2D eigenvalue weighted by atomic mass is 10.1. The van der Waals surface area contributed by atoms with Gasteiger partial charge in [0.05, 0.1) is 25.6 Å². The quantitative estimate of drug-likeness (QED) is 0.770. The molecule has 1 aliphatic heterocycles. The summed E-state index contributed by atoms with van der Waals surface area (Å²) < 4.78 is 4.68. The molecule has 0 radical (unpaired) electrons. The Kier molecular flexibility index (Phi) is 5.00. The number of halogens is 1. The minimum Gasteiger partial charge on any atom is -0.469 e. The molecule has 1 aliphatic rings. The molecule has 0 spiro atoms. The number of piperazine rings is 1. The standard InChI is InChI=1S/C16H18ClN5O3/c1-25-14(23)7-12-16(24)19-4-5-22(12)8-13-20-11-6-9(17)2-3-10(11)15(18)21-13/h2-3,6,12H,4-5,7-8H2,1H3,(H,19,24)(H2,18,20,21). The summed E-state index contributed by atoms with van der Waals surface area (Å²) in [5.41, 5.74) is 6.65. The number of nitrogen functional groups attached to an aromatic ring is 1. The van der Waals surface area contributed by atoms with Gasteiger partial charge in [0.15, 0.2) is 0 Å². The molecule has 1 fully saturated rings. The van der Waals surface area contributed by atoms with E-state index in [4.69, 9.17) is 17.3 Å². The molecule has 8 nitrogen and oxygen atoms in total. The summed E-state index contributed by atoms with van der Waals surface area (Å²) in [5, 5.41) is 4.03. The number of rotatable bonds is 4. The number of fused-ring (bicyclic) bond motifs is 1. The minimum atomic E-state index is -0.624. The van der Waals surface area contributed by atoms with Gasteiger partial charge in [0, 0.05) is 23.5 Å². The lowest BCUT2D eigenvalue weighted by Crippen LogP contribution is -2.55. The molecular weight excluding hydrogens is 346 g/mol. The summed E-state index contributed by atoms with van der Waals surface area (Å²) in [4.78, 5) is 34.4. The first-order valence-electron chi connectivity index (χ1n) is 7.78. The molecule has 9 heteroatoms. The van der Waals surface area contributed by atoms with Gasteiger partial charge in [-0.1, -0.05) is 11.6 Å². The van der Waals surface area contributed by atoms with Crippen molar-refractivity contribution >= 4 is 40.2 Å². The number of esters is 1. The summed E-state index contributed by atoms with van der Waals surface area (Å²) in [6.07, 6.45) is -0.0305. The normalized spacial score (nSPS) is 18.2. The first-order valence-corrected chi connectivity index (χ1v) is 8.16. The SMILES string of the molecule is COC(=O)CC1C(=O)NCCN1Cc1nc(N)c2ccc(Cl)cc2n1. The lowest BCUT2D eigenvalue weighted by Gasteiger charge is -2.33. The van der Waals surface area contributed by atoms with E-state index in [1.54, 1.807) is 18.2 Å². The second kappa shape index (κ2) is 7.20. The number of nitrogens with one attached hydrogen (secondary N) is 1. The van der Waals surface area contributed by atoms with E-state index in [1.165, 1.54) is 7.11 Å². The van der Waals surface area contributed by atoms with Gasteiger partial charge >= 0.3 is 5.97 Å². The van der Waals surface area contributed by atoms with Crippen molar-refractivity contribution in [1.29, 1.82) is 0 Å². The average Bonchev–Trinajstić information content (AvgIpc) is 2.57. The molecule has 1 saturated heterocycles. The maximum absolute atomic E-state index is 12.1. The Labute approximate surface area is 149 Å². The van der Waals surface area contributed by atoms with Crippen molar-refractivity contribution in [3.8, 4) is 0 Å². The molecule has 1 atom stereocenters. The van der Waals surface area contributed by atoms with Crippen LogP contribution in [0.25, 0.3) is 10.9 Å². The van der Waals surface area contributed by atoms with Gasteiger partial charge in [-0.2, -0.15) is 0 Å². The molecule has 0 bridgehead atoms. The van der Waals surface area contributed by atoms with Gasteiger partial charge in [-0.15, -0.1) is 0 Å². The first-order chi connectivity index (χ1) is 12.0. The number of carbonyl (C=O) groups is 2. The van der Waals surface area contributed by atoms with Gasteiger partial charge in [-0.05, 0) is 18.2 Å². The molecule has 2 aromatic rings. The Bertz CT molecular complexity index is 829. The minimum absolute atomic E-state index is 0.0305. The lowest BCUT2D eigenvalue weighted by molar-refractivity contribution is -0.146. The zero-order valence-corrected chi connectivity index (χ0v) is 14.4. The number of nitrogens with zero attached hydrogens (tertiary/aromatic N) is 3. The molecule has 1 amide bonds. The van der Waals surface area contributed by atoms with Crippen LogP contribution in [0.5, 0.6) is 0 Å². The third-order valence-electron chi connectivity index (χ3n) is 4.11. The highest BCUT2D eigenvalue weighted by atomic mass is 35.5. The van der Waals surface area contributed by atoms with Crippen molar-refractivity contribution in [2.45, 2.75) is 19.0 Å². The summed E-state index contributed by atoms with van der Waals surface area (Å²) in [5.74, 6) is 0.158. The second-order valence-corrected chi connectivity index (χ2v) is 6.18. The van der Waals surface area contributed by atoms with Crippen molar-refractivity contribution in [1.82, 2.24) is 20.2 Å². The topological polar surface area (TPSA) is 110 Å². The maximum Gasteiger partial charge on any atom is 0.307 e. The van der Waals surface area contributed by atoms with Crippen LogP contribution in [-0.2, 0) is 20.9 Å². The molecule has 1 unspecified atom stereocenters. The summed E-state index contributed by atoms with van der Waals surface area (Å²) in [6, 6.07) is 4.59. The third kappa shape index (κ3) is 3.80. The van der Waals surface area contributed by atoms with Crippen molar-refractivity contribution in [3.05, 3.63) is 29.0 Å². The molecule has 3 rings (SSSR count). The number of hydrogen-bond donors (Lipinski definition) is 2. The van der Waals surface area contributed by atoms with Gasteiger partial charge in [-0.25, -0.2) is 9.97 Å². The zero-order valence-electron chi connectivity index (χ0n) is 13.7. The van der Waals surface area contributed by atoms with Gasteiger partial charge in [0.25, 0.3) is 0 Å². The van der Waals surface area contributed by atoms with Crippen molar-refractivity contribution in [3.63, 3.8) is 0 Å². The highest BCUT2D eigenvalue weighted by molar-refractivity contribution is 6.31. The predicted octanol–water partition coefficient (Wildman–Crippen LogP) is 0.729. The van der Waals surface area contributed by atoms with Gasteiger partial charge in [0.2, 0.25) is 5.91 Å². The molecule has 1 aromatic carbocycles. The van der Waals surface area contributed by atoms with Gasteiger partial charge in [0.1, 0.15) is 17.7 Å².